The number of nitrogen functional groups attached to an aromatic ring is 2. The third-order valence-corrected chi connectivity index (χ3v) is 3.93. The normalized spacial score (nSPS) is 11.2. The van der Waals surface area contributed by atoms with Crippen molar-refractivity contribution in [3.05, 3.63) is 28.9 Å². The van der Waals surface area contributed by atoms with E-state index in [0.29, 0.717) is 22.9 Å². The Morgan fingerprint density at radius 1 is 1.12 bits per heavy atom. The van der Waals surface area contributed by atoms with Crippen molar-refractivity contribution in [2.45, 2.75) is 27.2 Å². The maximum Gasteiger partial charge on any atom is 0.222 e. The molecule has 0 amide bonds. The van der Waals surface area contributed by atoms with E-state index in [2.05, 4.69) is 20.3 Å². The second-order valence-corrected chi connectivity index (χ2v) is 5.54. The van der Waals surface area contributed by atoms with E-state index in [0.717, 1.165) is 29.9 Å². The summed E-state index contributed by atoms with van der Waals surface area (Å²) in [6, 6.07) is 5.46. The summed E-state index contributed by atoms with van der Waals surface area (Å²) in [7, 11) is 0. The second kappa shape index (κ2) is 7.92. The van der Waals surface area contributed by atoms with Crippen LogP contribution in [-0.4, -0.2) is 28.1 Å². The third kappa shape index (κ3) is 3.91. The van der Waals surface area contributed by atoms with Crippen LogP contribution >= 0.6 is 11.6 Å². The molecule has 0 bridgehead atoms. The van der Waals surface area contributed by atoms with E-state index in [1.54, 1.807) is 6.07 Å². The van der Waals surface area contributed by atoms with Crippen LogP contribution in [0.2, 0.25) is 5.02 Å². The Kier molecular flexibility index (Phi) is 5.92. The highest BCUT2D eigenvalue weighted by Crippen LogP contribution is 2.35. The molecule has 1 heterocycles. The van der Waals surface area contributed by atoms with Crippen LogP contribution < -0.4 is 11.5 Å². The minimum Gasteiger partial charge on any atom is -0.383 e. The highest BCUT2D eigenvalue weighted by Gasteiger charge is 2.14. The number of hydrogen-bond donors (Lipinski definition) is 2. The first-order chi connectivity index (χ1) is 11.5. The van der Waals surface area contributed by atoms with Crippen LogP contribution in [0.15, 0.2) is 28.5 Å². The van der Waals surface area contributed by atoms with Crippen molar-refractivity contribution in [1.29, 1.82) is 0 Å². The van der Waals surface area contributed by atoms with Gasteiger partial charge >= 0.3 is 0 Å². The number of nitrogens with two attached hydrogens (primary N) is 2. The fraction of sp³-hybridized carbons (Fsp3) is 0.375. The molecule has 0 unspecified atom stereocenters. The van der Waals surface area contributed by atoms with Gasteiger partial charge in [-0.15, -0.1) is 5.11 Å². The molecular formula is C16H22ClN7. The Labute approximate surface area is 146 Å². The van der Waals surface area contributed by atoms with E-state index in [-0.39, 0.29) is 5.95 Å². The lowest BCUT2D eigenvalue weighted by atomic mass is 10.0. The van der Waals surface area contributed by atoms with Crippen LogP contribution in [0.25, 0.3) is 11.1 Å². The molecule has 1 aromatic heterocycles. The van der Waals surface area contributed by atoms with Gasteiger partial charge in [-0.05, 0) is 38.0 Å². The number of rotatable bonds is 6. The van der Waals surface area contributed by atoms with Crippen molar-refractivity contribution >= 4 is 29.1 Å². The monoisotopic (exact) mass is 347 g/mol. The van der Waals surface area contributed by atoms with Crippen molar-refractivity contribution in [3.63, 3.8) is 0 Å². The molecule has 0 aliphatic rings. The summed E-state index contributed by atoms with van der Waals surface area (Å²) >= 11 is 6.24. The summed E-state index contributed by atoms with van der Waals surface area (Å²) in [6.45, 7) is 7.56. The third-order valence-electron chi connectivity index (χ3n) is 3.61. The first-order valence-electron chi connectivity index (χ1n) is 7.88. The fourth-order valence-corrected chi connectivity index (χ4v) is 2.48. The SMILES string of the molecule is CCc1nc(N)nc(N)c1-c1ccc(Cl)c(N=NN(CC)CC)c1. The van der Waals surface area contributed by atoms with Gasteiger partial charge in [-0.3, -0.25) is 5.01 Å². The lowest BCUT2D eigenvalue weighted by molar-refractivity contribution is 0.301. The predicted molar refractivity (Wildman–Crippen MR) is 98.1 cm³/mol. The van der Waals surface area contributed by atoms with E-state index >= 15 is 0 Å². The van der Waals surface area contributed by atoms with Gasteiger partial charge in [0.2, 0.25) is 5.95 Å². The van der Waals surface area contributed by atoms with Gasteiger partial charge in [0, 0.05) is 18.7 Å². The zero-order chi connectivity index (χ0) is 17.7. The Bertz CT molecular complexity index is 741. The minimum absolute atomic E-state index is 0.170. The highest BCUT2D eigenvalue weighted by atomic mass is 35.5. The first-order valence-corrected chi connectivity index (χ1v) is 8.26. The minimum atomic E-state index is 0.170. The maximum atomic E-state index is 6.24. The van der Waals surface area contributed by atoms with Crippen molar-refractivity contribution in [1.82, 2.24) is 15.0 Å². The summed E-state index contributed by atoms with van der Waals surface area (Å²) < 4.78 is 0. The average Bonchev–Trinajstić information content (AvgIpc) is 2.56. The number of nitrogens with zero attached hydrogens (tertiary/aromatic N) is 5. The highest BCUT2D eigenvalue weighted by molar-refractivity contribution is 6.33. The lowest BCUT2D eigenvalue weighted by Crippen LogP contribution is -2.14. The fourth-order valence-electron chi connectivity index (χ4n) is 2.32. The standard InChI is InChI=1S/C16H22ClN7/c1-4-12-14(15(18)21-16(19)20-12)10-7-8-11(17)13(9-10)22-23-24(5-2)6-3/h7-9H,4-6H2,1-3H3,(H4,18,19,20,21). The summed E-state index contributed by atoms with van der Waals surface area (Å²) in [5.41, 5.74) is 14.7. The molecule has 128 valence electrons. The van der Waals surface area contributed by atoms with E-state index in [1.165, 1.54) is 0 Å². The Morgan fingerprint density at radius 2 is 1.83 bits per heavy atom. The van der Waals surface area contributed by atoms with E-state index in [1.807, 2.05) is 37.9 Å². The number of aromatic nitrogens is 2. The van der Waals surface area contributed by atoms with Gasteiger partial charge in [0.1, 0.15) is 11.5 Å². The number of halogens is 1. The Hall–Kier alpha value is -2.41. The van der Waals surface area contributed by atoms with E-state index < -0.39 is 0 Å². The zero-order valence-electron chi connectivity index (χ0n) is 14.1. The van der Waals surface area contributed by atoms with Crippen molar-refractivity contribution in [2.24, 2.45) is 10.3 Å². The molecule has 24 heavy (non-hydrogen) atoms. The Balaban J connectivity index is 2.49. The summed E-state index contributed by atoms with van der Waals surface area (Å²) in [4.78, 5) is 8.33. The van der Waals surface area contributed by atoms with Crippen LogP contribution in [0.5, 0.6) is 0 Å². The molecule has 0 saturated heterocycles. The second-order valence-electron chi connectivity index (χ2n) is 5.14. The lowest BCUT2D eigenvalue weighted by Gasteiger charge is -2.13. The van der Waals surface area contributed by atoms with Gasteiger partial charge in [0.05, 0.1) is 10.7 Å². The molecule has 8 heteroatoms. The molecule has 0 saturated carbocycles. The summed E-state index contributed by atoms with van der Waals surface area (Å²) in [5.74, 6) is 0.511. The Morgan fingerprint density at radius 3 is 2.46 bits per heavy atom. The van der Waals surface area contributed by atoms with Gasteiger partial charge in [-0.25, -0.2) is 4.98 Å². The quantitative estimate of drug-likeness (QED) is 0.609. The average molecular weight is 348 g/mol. The molecule has 7 nitrogen and oxygen atoms in total. The van der Waals surface area contributed by atoms with Crippen LogP contribution in [0.4, 0.5) is 17.5 Å². The number of benzene rings is 1. The molecule has 2 rings (SSSR count). The van der Waals surface area contributed by atoms with Crippen LogP contribution in [-0.2, 0) is 6.42 Å². The van der Waals surface area contributed by atoms with Gasteiger partial charge in [-0.1, -0.05) is 29.8 Å². The molecule has 1 aromatic carbocycles. The molecule has 0 aliphatic heterocycles. The summed E-state index contributed by atoms with van der Waals surface area (Å²) in [6.07, 6.45) is 0.686. The molecule has 4 N–H and O–H groups in total. The predicted octanol–water partition coefficient (Wildman–Crippen LogP) is 3.86. The van der Waals surface area contributed by atoms with Crippen LogP contribution in [0.3, 0.4) is 0 Å². The van der Waals surface area contributed by atoms with Gasteiger partial charge < -0.3 is 11.5 Å². The zero-order valence-corrected chi connectivity index (χ0v) is 14.9. The molecule has 0 aliphatic carbocycles. The van der Waals surface area contributed by atoms with Crippen LogP contribution in [0, 0.1) is 0 Å². The number of hydrogen-bond acceptors (Lipinski definition) is 6. The maximum absolute atomic E-state index is 6.24. The van der Waals surface area contributed by atoms with Gasteiger partial charge in [0.25, 0.3) is 0 Å². The number of aryl methyl sites for hydroxylation is 1. The molecule has 0 atom stereocenters. The van der Waals surface area contributed by atoms with Crippen molar-refractivity contribution < 1.29 is 0 Å². The largest absolute Gasteiger partial charge is 0.383 e. The van der Waals surface area contributed by atoms with Gasteiger partial charge in [-0.2, -0.15) is 4.98 Å². The molecule has 0 radical (unpaired) electrons. The molecule has 0 fully saturated rings. The van der Waals surface area contributed by atoms with Crippen molar-refractivity contribution in [2.75, 3.05) is 24.6 Å². The summed E-state index contributed by atoms with van der Waals surface area (Å²) in [5, 5.41) is 10.8. The molecular weight excluding hydrogens is 326 g/mol. The first kappa shape index (κ1) is 17.9. The smallest absolute Gasteiger partial charge is 0.222 e. The topological polar surface area (TPSA) is 106 Å². The van der Waals surface area contributed by atoms with Crippen LogP contribution in [0.1, 0.15) is 26.5 Å². The van der Waals surface area contributed by atoms with E-state index in [4.69, 9.17) is 23.1 Å². The molecule has 0 spiro atoms. The van der Waals surface area contributed by atoms with Gasteiger partial charge in [0.15, 0.2) is 0 Å². The number of anilines is 2. The van der Waals surface area contributed by atoms with E-state index in [9.17, 15) is 0 Å². The van der Waals surface area contributed by atoms with Crippen molar-refractivity contribution in [3.8, 4) is 11.1 Å². The molecule has 2 aromatic rings.